The molecule has 7 nitrogen and oxygen atoms in total. The molecule has 1 heterocycles. The Morgan fingerprint density at radius 1 is 1.25 bits per heavy atom. The third kappa shape index (κ3) is 3.41. The lowest BCUT2D eigenvalue weighted by molar-refractivity contribution is 0.138. The van der Waals surface area contributed by atoms with Gasteiger partial charge in [-0.1, -0.05) is 20.8 Å². The molecule has 0 bridgehead atoms. The summed E-state index contributed by atoms with van der Waals surface area (Å²) in [5, 5.41) is 17.8. The normalized spacial score (nSPS) is 11.0. The minimum atomic E-state index is -0.538. The van der Waals surface area contributed by atoms with Gasteiger partial charge in [0.1, 0.15) is 0 Å². The van der Waals surface area contributed by atoms with Crippen LogP contribution in [0.4, 0.5) is 4.79 Å². The summed E-state index contributed by atoms with van der Waals surface area (Å²) in [5.74, 6) is 0.827. The van der Waals surface area contributed by atoms with Crippen LogP contribution in [0.25, 0.3) is 0 Å². The van der Waals surface area contributed by atoms with Gasteiger partial charge in [-0.15, -0.1) is 20.4 Å². The molecule has 16 heavy (non-hydrogen) atoms. The van der Waals surface area contributed by atoms with E-state index in [0.29, 0.717) is 5.82 Å². The fourth-order valence-electron chi connectivity index (χ4n) is 0.810. The Hall–Kier alpha value is -1.79. The summed E-state index contributed by atoms with van der Waals surface area (Å²) in [6.45, 7) is 5.86. The molecular weight excluding hydrogens is 210 g/mol. The van der Waals surface area contributed by atoms with Gasteiger partial charge in [-0.2, -0.15) is 0 Å². The molecule has 0 aromatic carbocycles. The van der Waals surface area contributed by atoms with Gasteiger partial charge in [0, 0.05) is 12.5 Å². The Balaban J connectivity index is 2.62. The van der Waals surface area contributed by atoms with Crippen LogP contribution < -0.4 is 5.32 Å². The largest absolute Gasteiger partial charge is 0.441 e. The number of alkyl carbamates (subject to hydrolysis) is 1. The number of ether oxygens (including phenoxy) is 1. The van der Waals surface area contributed by atoms with E-state index in [-0.39, 0.29) is 17.8 Å². The number of hydrogen-bond acceptors (Lipinski definition) is 6. The zero-order valence-corrected chi connectivity index (χ0v) is 9.81. The number of rotatable bonds is 2. The predicted molar refractivity (Wildman–Crippen MR) is 55.6 cm³/mol. The smallest absolute Gasteiger partial charge is 0.407 e. The van der Waals surface area contributed by atoms with E-state index in [1.807, 2.05) is 20.8 Å². The molecule has 7 heteroatoms. The van der Waals surface area contributed by atoms with Crippen LogP contribution >= 0.6 is 0 Å². The van der Waals surface area contributed by atoms with Crippen molar-refractivity contribution < 1.29 is 9.53 Å². The Morgan fingerprint density at radius 2 is 1.81 bits per heavy atom. The second-order valence-electron chi connectivity index (χ2n) is 4.22. The Labute approximate surface area is 93.6 Å². The van der Waals surface area contributed by atoms with Gasteiger partial charge < -0.3 is 10.1 Å². The average molecular weight is 225 g/mol. The van der Waals surface area contributed by atoms with Crippen LogP contribution in [-0.4, -0.2) is 33.5 Å². The number of carbonyl (C=O) groups excluding carboxylic acids is 1. The molecule has 0 unspecified atom stereocenters. The highest BCUT2D eigenvalue weighted by Crippen LogP contribution is 2.15. The first-order chi connectivity index (χ1) is 7.43. The topological polar surface area (TPSA) is 89.9 Å². The van der Waals surface area contributed by atoms with Crippen LogP contribution in [-0.2, 0) is 16.8 Å². The maximum atomic E-state index is 10.8. The highest BCUT2D eigenvalue weighted by atomic mass is 16.5. The minimum absolute atomic E-state index is 0.0376. The molecule has 1 N–H and O–H groups in total. The summed E-state index contributed by atoms with van der Waals surface area (Å²) in [6.07, 6.45) is -0.538. The van der Waals surface area contributed by atoms with Crippen LogP contribution in [0.15, 0.2) is 0 Å². The molecule has 1 aromatic rings. The summed E-state index contributed by atoms with van der Waals surface area (Å²) in [6, 6.07) is 0. The first-order valence-electron chi connectivity index (χ1n) is 4.84. The minimum Gasteiger partial charge on any atom is -0.441 e. The van der Waals surface area contributed by atoms with Crippen LogP contribution in [0.2, 0.25) is 0 Å². The van der Waals surface area contributed by atoms with Crippen LogP contribution in [0, 0.1) is 0 Å². The fourth-order valence-corrected chi connectivity index (χ4v) is 0.810. The molecule has 0 radical (unpaired) electrons. The van der Waals surface area contributed by atoms with Crippen molar-refractivity contribution in [3.63, 3.8) is 0 Å². The van der Waals surface area contributed by atoms with Crippen molar-refractivity contribution in [2.75, 3.05) is 7.05 Å². The van der Waals surface area contributed by atoms with Crippen molar-refractivity contribution in [1.29, 1.82) is 0 Å². The Bertz CT molecular complexity index is 357. The molecule has 88 valence electrons. The summed E-state index contributed by atoms with van der Waals surface area (Å²) >= 11 is 0. The molecule has 0 saturated carbocycles. The Morgan fingerprint density at radius 3 is 2.25 bits per heavy atom. The molecule has 0 aliphatic heterocycles. The van der Waals surface area contributed by atoms with Crippen LogP contribution in [0.1, 0.15) is 32.4 Å². The summed E-state index contributed by atoms with van der Waals surface area (Å²) < 4.78 is 4.75. The number of hydrogen-bond donors (Lipinski definition) is 1. The molecule has 0 spiro atoms. The number of carbonyl (C=O) groups is 1. The first kappa shape index (κ1) is 12.3. The number of nitrogens with one attached hydrogen (secondary N) is 1. The quantitative estimate of drug-likeness (QED) is 0.784. The van der Waals surface area contributed by atoms with E-state index in [2.05, 4.69) is 25.7 Å². The lowest BCUT2D eigenvalue weighted by Gasteiger charge is -2.13. The highest BCUT2D eigenvalue weighted by Gasteiger charge is 2.18. The van der Waals surface area contributed by atoms with Gasteiger partial charge in [-0.25, -0.2) is 4.79 Å². The second kappa shape index (κ2) is 4.82. The molecule has 0 fully saturated rings. The standard InChI is InChI=1S/C9H15N5O2/c1-9(2,3)7-13-11-6(12-14-7)5-16-8(15)10-4/h5H2,1-4H3,(H,10,15). The molecule has 0 aliphatic carbocycles. The second-order valence-corrected chi connectivity index (χ2v) is 4.22. The summed E-state index contributed by atoms with van der Waals surface area (Å²) in [5.41, 5.74) is -0.194. The van der Waals surface area contributed by atoms with E-state index in [0.717, 1.165) is 0 Å². The van der Waals surface area contributed by atoms with Gasteiger partial charge in [0.05, 0.1) is 0 Å². The molecule has 0 aliphatic rings. The van der Waals surface area contributed by atoms with E-state index < -0.39 is 6.09 Å². The van der Waals surface area contributed by atoms with Gasteiger partial charge in [-0.3, -0.25) is 0 Å². The van der Waals surface area contributed by atoms with Gasteiger partial charge >= 0.3 is 6.09 Å². The molecule has 1 aromatic heterocycles. The number of aromatic nitrogens is 4. The van der Waals surface area contributed by atoms with E-state index in [4.69, 9.17) is 4.74 Å². The molecule has 1 amide bonds. The van der Waals surface area contributed by atoms with Gasteiger partial charge in [0.25, 0.3) is 0 Å². The van der Waals surface area contributed by atoms with Crippen molar-refractivity contribution in [1.82, 2.24) is 25.7 Å². The van der Waals surface area contributed by atoms with Gasteiger partial charge in [-0.05, 0) is 0 Å². The lowest BCUT2D eigenvalue weighted by atomic mass is 9.96. The molecular formula is C9H15N5O2. The van der Waals surface area contributed by atoms with Crippen LogP contribution in [0.3, 0.4) is 0 Å². The zero-order chi connectivity index (χ0) is 12.2. The van der Waals surface area contributed by atoms with E-state index >= 15 is 0 Å². The molecule has 1 rings (SSSR count). The third-order valence-electron chi connectivity index (χ3n) is 1.73. The molecule has 0 atom stereocenters. The molecule has 0 saturated heterocycles. The average Bonchev–Trinajstić information content (AvgIpc) is 2.25. The zero-order valence-electron chi connectivity index (χ0n) is 9.81. The van der Waals surface area contributed by atoms with Crippen LogP contribution in [0.5, 0.6) is 0 Å². The summed E-state index contributed by atoms with van der Waals surface area (Å²) in [4.78, 5) is 10.8. The number of amides is 1. The van der Waals surface area contributed by atoms with E-state index in [1.54, 1.807) is 0 Å². The van der Waals surface area contributed by atoms with Crippen molar-refractivity contribution >= 4 is 6.09 Å². The van der Waals surface area contributed by atoms with Crippen molar-refractivity contribution in [2.24, 2.45) is 0 Å². The third-order valence-corrected chi connectivity index (χ3v) is 1.73. The van der Waals surface area contributed by atoms with E-state index in [1.165, 1.54) is 7.05 Å². The lowest BCUT2D eigenvalue weighted by Crippen LogP contribution is -2.21. The monoisotopic (exact) mass is 225 g/mol. The number of nitrogens with zero attached hydrogens (tertiary/aromatic N) is 4. The Kier molecular flexibility index (Phi) is 3.70. The van der Waals surface area contributed by atoms with Crippen molar-refractivity contribution in [3.05, 3.63) is 11.6 Å². The van der Waals surface area contributed by atoms with E-state index in [9.17, 15) is 4.79 Å². The SMILES string of the molecule is CNC(=O)OCc1nnc(C(C)(C)C)nn1. The van der Waals surface area contributed by atoms with Gasteiger partial charge in [0.2, 0.25) is 5.82 Å². The predicted octanol–water partition coefficient (Wildman–Crippen LogP) is 0.420. The summed E-state index contributed by atoms with van der Waals surface area (Å²) in [7, 11) is 1.47. The fraction of sp³-hybridized carbons (Fsp3) is 0.667. The first-order valence-corrected chi connectivity index (χ1v) is 4.84. The van der Waals surface area contributed by atoms with Crippen molar-refractivity contribution in [2.45, 2.75) is 32.8 Å². The highest BCUT2D eigenvalue weighted by molar-refractivity contribution is 5.66. The maximum Gasteiger partial charge on any atom is 0.407 e. The maximum absolute atomic E-state index is 10.8. The van der Waals surface area contributed by atoms with Crippen molar-refractivity contribution in [3.8, 4) is 0 Å². The van der Waals surface area contributed by atoms with Gasteiger partial charge in [0.15, 0.2) is 12.4 Å².